The highest BCUT2D eigenvalue weighted by Crippen LogP contribution is 2.26. The van der Waals surface area contributed by atoms with Crippen LogP contribution < -0.4 is 10.5 Å². The number of hydrogen-bond acceptors (Lipinski definition) is 3. The average Bonchev–Trinajstić information content (AvgIpc) is 2.21. The standard InChI is InChI=1S/C12H19ClN2O2S/c1-8-10(13)5-9(6-11(8)14)18(16,17)15-7-12(2,3)4/h5-6,15H,7,14H2,1-4H3. The maximum absolute atomic E-state index is 12.1. The second kappa shape index (κ2) is 5.07. The first-order valence-electron chi connectivity index (χ1n) is 5.58. The number of nitrogens with one attached hydrogen (secondary N) is 1. The molecule has 0 bridgehead atoms. The first kappa shape index (κ1) is 15.3. The van der Waals surface area contributed by atoms with E-state index in [0.717, 1.165) is 0 Å². The molecule has 0 atom stereocenters. The minimum Gasteiger partial charge on any atom is -0.398 e. The Morgan fingerprint density at radius 3 is 2.33 bits per heavy atom. The summed E-state index contributed by atoms with van der Waals surface area (Å²) < 4.78 is 26.7. The highest BCUT2D eigenvalue weighted by molar-refractivity contribution is 7.89. The third kappa shape index (κ3) is 3.86. The summed E-state index contributed by atoms with van der Waals surface area (Å²) >= 11 is 5.94. The van der Waals surface area contributed by atoms with Crippen LogP contribution in [0.5, 0.6) is 0 Å². The zero-order chi connectivity index (χ0) is 14.1. The van der Waals surface area contributed by atoms with Crippen LogP contribution in [0.4, 0.5) is 5.69 Å². The summed E-state index contributed by atoms with van der Waals surface area (Å²) in [6, 6.07) is 2.84. The lowest BCUT2D eigenvalue weighted by atomic mass is 9.98. The Kier molecular flexibility index (Phi) is 4.30. The van der Waals surface area contributed by atoms with Crippen molar-refractivity contribution in [2.75, 3.05) is 12.3 Å². The number of hydrogen-bond donors (Lipinski definition) is 2. The van der Waals surface area contributed by atoms with Crippen LogP contribution in [-0.4, -0.2) is 15.0 Å². The summed E-state index contributed by atoms with van der Waals surface area (Å²) in [7, 11) is -3.57. The lowest BCUT2D eigenvalue weighted by molar-refractivity contribution is 0.407. The van der Waals surface area contributed by atoms with Crippen molar-refractivity contribution in [3.05, 3.63) is 22.7 Å². The van der Waals surface area contributed by atoms with Crippen molar-refractivity contribution in [2.24, 2.45) is 5.41 Å². The van der Waals surface area contributed by atoms with Gasteiger partial charge >= 0.3 is 0 Å². The molecule has 4 nitrogen and oxygen atoms in total. The normalized spacial score (nSPS) is 12.7. The fourth-order valence-electron chi connectivity index (χ4n) is 1.22. The van der Waals surface area contributed by atoms with Crippen LogP contribution in [0, 0.1) is 12.3 Å². The summed E-state index contributed by atoms with van der Waals surface area (Å²) in [6.07, 6.45) is 0. The first-order chi connectivity index (χ1) is 8.03. The predicted octanol–water partition coefficient (Wildman–Crippen LogP) is 2.56. The van der Waals surface area contributed by atoms with Gasteiger partial charge in [0.1, 0.15) is 0 Å². The van der Waals surface area contributed by atoms with Gasteiger partial charge < -0.3 is 5.73 Å². The Morgan fingerprint density at radius 1 is 1.33 bits per heavy atom. The molecule has 0 heterocycles. The molecule has 0 saturated carbocycles. The summed E-state index contributed by atoms with van der Waals surface area (Å²) in [6.45, 7) is 7.95. The SMILES string of the molecule is Cc1c(N)cc(S(=O)(=O)NCC(C)(C)C)cc1Cl. The van der Waals surface area contributed by atoms with E-state index in [1.54, 1.807) is 6.92 Å². The van der Waals surface area contributed by atoms with Gasteiger partial charge in [0, 0.05) is 17.3 Å². The molecular weight excluding hydrogens is 272 g/mol. The van der Waals surface area contributed by atoms with E-state index in [4.69, 9.17) is 17.3 Å². The minimum absolute atomic E-state index is 0.0971. The van der Waals surface area contributed by atoms with Gasteiger partial charge in [-0.15, -0.1) is 0 Å². The van der Waals surface area contributed by atoms with E-state index in [1.165, 1.54) is 12.1 Å². The molecule has 0 aromatic heterocycles. The van der Waals surface area contributed by atoms with Gasteiger partial charge in [-0.25, -0.2) is 13.1 Å². The Hall–Kier alpha value is -0.780. The van der Waals surface area contributed by atoms with E-state index >= 15 is 0 Å². The summed E-state index contributed by atoms with van der Waals surface area (Å²) in [5.41, 5.74) is 6.65. The van der Waals surface area contributed by atoms with Crippen LogP contribution in [-0.2, 0) is 10.0 Å². The molecule has 0 radical (unpaired) electrons. The monoisotopic (exact) mass is 290 g/mol. The number of sulfonamides is 1. The smallest absolute Gasteiger partial charge is 0.240 e. The maximum atomic E-state index is 12.1. The quantitative estimate of drug-likeness (QED) is 0.840. The molecule has 6 heteroatoms. The van der Waals surface area contributed by atoms with Crippen LogP contribution in [0.3, 0.4) is 0 Å². The molecular formula is C12H19ClN2O2S. The average molecular weight is 291 g/mol. The van der Waals surface area contributed by atoms with Crippen molar-refractivity contribution in [2.45, 2.75) is 32.6 Å². The van der Waals surface area contributed by atoms with Crippen molar-refractivity contribution < 1.29 is 8.42 Å². The number of rotatable bonds is 3. The van der Waals surface area contributed by atoms with Crippen LogP contribution in [0.25, 0.3) is 0 Å². The van der Waals surface area contributed by atoms with E-state index in [2.05, 4.69) is 4.72 Å². The van der Waals surface area contributed by atoms with E-state index in [0.29, 0.717) is 22.8 Å². The molecule has 18 heavy (non-hydrogen) atoms. The van der Waals surface area contributed by atoms with Gasteiger partial charge in [0.2, 0.25) is 10.0 Å². The molecule has 1 aromatic rings. The largest absolute Gasteiger partial charge is 0.398 e. The highest BCUT2D eigenvalue weighted by Gasteiger charge is 2.20. The van der Waals surface area contributed by atoms with Gasteiger partial charge in [0.15, 0.2) is 0 Å². The molecule has 0 amide bonds. The molecule has 0 unspecified atom stereocenters. The van der Waals surface area contributed by atoms with Crippen LogP contribution in [0.15, 0.2) is 17.0 Å². The summed E-state index contributed by atoms with van der Waals surface area (Å²) in [4.78, 5) is 0.0971. The number of benzene rings is 1. The van der Waals surface area contributed by atoms with Gasteiger partial charge in [0.05, 0.1) is 4.90 Å². The third-order valence-electron chi connectivity index (χ3n) is 2.46. The Bertz CT molecular complexity index is 525. The van der Waals surface area contributed by atoms with Gasteiger partial charge in [-0.2, -0.15) is 0 Å². The van der Waals surface area contributed by atoms with Crippen LogP contribution >= 0.6 is 11.6 Å². The number of nitrogen functional groups attached to an aromatic ring is 1. The molecule has 0 fully saturated rings. The maximum Gasteiger partial charge on any atom is 0.240 e. The van der Waals surface area contributed by atoms with E-state index in [-0.39, 0.29) is 10.3 Å². The van der Waals surface area contributed by atoms with Gasteiger partial charge in [-0.1, -0.05) is 32.4 Å². The Morgan fingerprint density at radius 2 is 1.89 bits per heavy atom. The topological polar surface area (TPSA) is 72.2 Å². The second-order valence-electron chi connectivity index (χ2n) is 5.50. The fourth-order valence-corrected chi connectivity index (χ4v) is 2.86. The number of nitrogens with two attached hydrogens (primary N) is 1. The van der Waals surface area contributed by atoms with Gasteiger partial charge in [-0.3, -0.25) is 0 Å². The summed E-state index contributed by atoms with van der Waals surface area (Å²) in [5, 5.41) is 0.353. The van der Waals surface area contributed by atoms with Crippen LogP contribution in [0.2, 0.25) is 5.02 Å². The van der Waals surface area contributed by atoms with Crippen LogP contribution in [0.1, 0.15) is 26.3 Å². The molecule has 1 aromatic carbocycles. The zero-order valence-corrected chi connectivity index (χ0v) is 12.6. The first-order valence-corrected chi connectivity index (χ1v) is 7.44. The number of halogens is 1. The van der Waals surface area contributed by atoms with Crippen molar-refractivity contribution in [1.82, 2.24) is 4.72 Å². The molecule has 0 spiro atoms. The van der Waals surface area contributed by atoms with Gasteiger partial charge in [-0.05, 0) is 30.0 Å². The second-order valence-corrected chi connectivity index (χ2v) is 7.68. The third-order valence-corrected chi connectivity index (χ3v) is 4.23. The fraction of sp³-hybridized carbons (Fsp3) is 0.500. The molecule has 0 aliphatic rings. The van der Waals surface area contributed by atoms with Crippen molar-refractivity contribution >= 4 is 27.3 Å². The Labute approximate surface area is 114 Å². The molecule has 102 valence electrons. The van der Waals surface area contributed by atoms with Gasteiger partial charge in [0.25, 0.3) is 0 Å². The van der Waals surface area contributed by atoms with E-state index in [9.17, 15) is 8.42 Å². The lowest BCUT2D eigenvalue weighted by Gasteiger charge is -2.19. The van der Waals surface area contributed by atoms with E-state index in [1.807, 2.05) is 20.8 Å². The van der Waals surface area contributed by atoms with E-state index < -0.39 is 10.0 Å². The zero-order valence-electron chi connectivity index (χ0n) is 11.0. The predicted molar refractivity (Wildman–Crippen MR) is 75.2 cm³/mol. The molecule has 0 saturated heterocycles. The highest BCUT2D eigenvalue weighted by atomic mass is 35.5. The molecule has 3 N–H and O–H groups in total. The minimum atomic E-state index is -3.57. The Balaban J connectivity index is 3.07. The van der Waals surface area contributed by atoms with Crippen molar-refractivity contribution in [3.63, 3.8) is 0 Å². The lowest BCUT2D eigenvalue weighted by Crippen LogP contribution is -2.32. The number of anilines is 1. The molecule has 0 aliphatic carbocycles. The van der Waals surface area contributed by atoms with Crippen molar-refractivity contribution in [1.29, 1.82) is 0 Å². The van der Waals surface area contributed by atoms with Crippen molar-refractivity contribution in [3.8, 4) is 0 Å². The molecule has 1 rings (SSSR count). The summed E-state index contributed by atoms with van der Waals surface area (Å²) in [5.74, 6) is 0. The molecule has 0 aliphatic heterocycles.